The molecule has 0 saturated heterocycles. The van der Waals surface area contributed by atoms with Crippen LogP contribution in [0.3, 0.4) is 0 Å². The van der Waals surface area contributed by atoms with E-state index in [0.717, 1.165) is 22.3 Å². The third kappa shape index (κ3) is 5.17. The van der Waals surface area contributed by atoms with E-state index < -0.39 is 52.7 Å². The summed E-state index contributed by atoms with van der Waals surface area (Å²) in [6.07, 6.45) is 0. The lowest BCUT2D eigenvalue weighted by Crippen LogP contribution is -2.36. The van der Waals surface area contributed by atoms with Crippen molar-refractivity contribution in [1.82, 2.24) is 10.2 Å². The lowest BCUT2D eigenvalue weighted by molar-refractivity contribution is -0.385. The van der Waals surface area contributed by atoms with Crippen molar-refractivity contribution in [1.29, 1.82) is 0 Å². The van der Waals surface area contributed by atoms with Crippen molar-refractivity contribution in [2.45, 2.75) is 27.3 Å². The van der Waals surface area contributed by atoms with Gasteiger partial charge in [0.2, 0.25) is 11.7 Å². The minimum Gasteiger partial charge on any atom is -0.456 e. The van der Waals surface area contributed by atoms with Crippen molar-refractivity contribution in [3.8, 4) is 0 Å². The van der Waals surface area contributed by atoms with Gasteiger partial charge in [-0.15, -0.1) is 11.3 Å². The average Bonchev–Trinajstić information content (AvgIpc) is 3.34. The maximum Gasteiger partial charge on any atom is 0.326 e. The Morgan fingerprint density at radius 3 is 2.47 bits per heavy atom. The van der Waals surface area contributed by atoms with Crippen molar-refractivity contribution in [2.24, 2.45) is 5.41 Å². The molecule has 1 aliphatic heterocycles. The Morgan fingerprint density at radius 1 is 1.12 bits per heavy atom. The number of benzene rings is 1. The van der Waals surface area contributed by atoms with Crippen LogP contribution in [0, 0.1) is 15.5 Å². The first-order valence-corrected chi connectivity index (χ1v) is 10.9. The number of nitro benzene ring substituents is 1. The van der Waals surface area contributed by atoms with Gasteiger partial charge < -0.3 is 10.1 Å². The fourth-order valence-electron chi connectivity index (χ4n) is 3.06. The molecule has 1 N–H and O–H groups in total. The molecule has 178 valence electrons. The lowest BCUT2D eigenvalue weighted by Gasteiger charge is -2.17. The molecule has 0 atom stereocenters. The monoisotopic (exact) mass is 487 g/mol. The Morgan fingerprint density at radius 2 is 1.82 bits per heavy atom. The number of thiophene rings is 1. The summed E-state index contributed by atoms with van der Waals surface area (Å²) in [6.45, 7) is 4.19. The largest absolute Gasteiger partial charge is 0.456 e. The minimum absolute atomic E-state index is 0.138. The summed E-state index contributed by atoms with van der Waals surface area (Å²) in [4.78, 5) is 73.4. The molecular weight excluding hydrogens is 466 g/mol. The van der Waals surface area contributed by atoms with Crippen LogP contribution in [0.1, 0.15) is 56.0 Å². The number of carbonyl (C=O) groups is 5. The number of nitrogens with one attached hydrogen (secondary N) is 1. The van der Waals surface area contributed by atoms with Gasteiger partial charge in [-0.2, -0.15) is 0 Å². The number of amides is 3. The number of ketones is 1. The van der Waals surface area contributed by atoms with Crippen LogP contribution in [-0.4, -0.2) is 52.4 Å². The number of Topliss-reactive ketones (excluding diaryl/α,β-unsaturated/α-hetero) is 1. The molecule has 2 aromatic rings. The van der Waals surface area contributed by atoms with Gasteiger partial charge in [0.1, 0.15) is 12.1 Å². The molecule has 1 aliphatic rings. The number of carbonyl (C=O) groups excluding carboxylic acids is 5. The van der Waals surface area contributed by atoms with Crippen LogP contribution in [0.5, 0.6) is 0 Å². The zero-order chi connectivity index (χ0) is 25.2. The van der Waals surface area contributed by atoms with Crippen LogP contribution >= 0.6 is 11.3 Å². The molecule has 3 rings (SSSR count). The maximum atomic E-state index is 12.5. The number of hydrogen-bond donors (Lipinski definition) is 1. The summed E-state index contributed by atoms with van der Waals surface area (Å²) in [5, 5.41) is 13.9. The topological polar surface area (TPSA) is 153 Å². The third-order valence-electron chi connectivity index (χ3n) is 4.87. The van der Waals surface area contributed by atoms with Crippen LogP contribution in [0.25, 0.3) is 0 Å². The molecule has 0 unspecified atom stereocenters. The van der Waals surface area contributed by atoms with E-state index in [2.05, 4.69) is 5.32 Å². The van der Waals surface area contributed by atoms with E-state index in [9.17, 15) is 34.1 Å². The third-order valence-corrected chi connectivity index (χ3v) is 5.99. The van der Waals surface area contributed by atoms with Gasteiger partial charge in [-0.25, -0.2) is 0 Å². The molecule has 0 radical (unpaired) electrons. The van der Waals surface area contributed by atoms with Crippen molar-refractivity contribution in [2.75, 3.05) is 13.2 Å². The molecule has 0 saturated carbocycles. The van der Waals surface area contributed by atoms with E-state index in [1.165, 1.54) is 12.1 Å². The summed E-state index contributed by atoms with van der Waals surface area (Å²) >= 11 is 1.14. The van der Waals surface area contributed by atoms with Gasteiger partial charge in [0.05, 0.1) is 21.9 Å². The summed E-state index contributed by atoms with van der Waals surface area (Å²) in [5.74, 6) is -3.48. The first-order valence-electron chi connectivity index (χ1n) is 10.1. The molecule has 2 heterocycles. The highest BCUT2D eigenvalue weighted by Gasteiger charge is 2.42. The second kappa shape index (κ2) is 9.51. The Bertz CT molecular complexity index is 1210. The standard InChI is InChI=1S/C22H21N3O8S/c1-22(2,3)21(30)23-9-12-7-8-16(34-12)15(26)11-33-17(27)10-24-19(28)13-5-4-6-14(25(31)32)18(13)20(24)29/h4-8H,9-11H2,1-3H3,(H,23,30). The normalized spacial score (nSPS) is 13.0. The Hall–Kier alpha value is -3.93. The predicted octanol–water partition coefficient (Wildman–Crippen LogP) is 2.34. The smallest absolute Gasteiger partial charge is 0.326 e. The zero-order valence-corrected chi connectivity index (χ0v) is 19.4. The van der Waals surface area contributed by atoms with Crippen molar-refractivity contribution < 1.29 is 33.6 Å². The molecule has 12 heteroatoms. The van der Waals surface area contributed by atoms with E-state index in [1.807, 2.05) is 0 Å². The number of nitrogens with zero attached hydrogens (tertiary/aromatic N) is 2. The molecule has 3 amide bonds. The van der Waals surface area contributed by atoms with Gasteiger partial charge in [-0.1, -0.05) is 26.8 Å². The molecular formula is C22H21N3O8S. The van der Waals surface area contributed by atoms with Gasteiger partial charge in [0.15, 0.2) is 6.61 Å². The van der Waals surface area contributed by atoms with Crippen molar-refractivity contribution >= 4 is 46.5 Å². The lowest BCUT2D eigenvalue weighted by atomic mass is 9.96. The molecule has 11 nitrogen and oxygen atoms in total. The zero-order valence-electron chi connectivity index (χ0n) is 18.6. The second-order valence-corrected chi connectivity index (χ2v) is 9.60. The Labute approximate surface area is 197 Å². The van der Waals surface area contributed by atoms with Crippen molar-refractivity contribution in [3.63, 3.8) is 0 Å². The van der Waals surface area contributed by atoms with E-state index in [0.29, 0.717) is 9.78 Å². The average molecular weight is 487 g/mol. The fraction of sp³-hybridized carbons (Fsp3) is 0.318. The maximum absolute atomic E-state index is 12.5. The van der Waals surface area contributed by atoms with Gasteiger partial charge in [-0.3, -0.25) is 39.0 Å². The molecule has 0 spiro atoms. The number of fused-ring (bicyclic) bond motifs is 1. The van der Waals surface area contributed by atoms with Crippen LogP contribution in [-0.2, 0) is 20.9 Å². The van der Waals surface area contributed by atoms with E-state index in [1.54, 1.807) is 32.9 Å². The van der Waals surface area contributed by atoms with Gasteiger partial charge >= 0.3 is 5.97 Å². The Balaban J connectivity index is 1.55. The summed E-state index contributed by atoms with van der Waals surface area (Å²) in [5.41, 5.74) is -1.64. The van der Waals surface area contributed by atoms with Crippen LogP contribution in [0.2, 0.25) is 0 Å². The van der Waals surface area contributed by atoms with Crippen molar-refractivity contribution in [3.05, 3.63) is 61.3 Å². The van der Waals surface area contributed by atoms with Gasteiger partial charge in [0.25, 0.3) is 17.5 Å². The minimum atomic E-state index is -1.01. The van der Waals surface area contributed by atoms with Gasteiger partial charge in [0, 0.05) is 16.4 Å². The molecule has 1 aromatic heterocycles. The van der Waals surface area contributed by atoms with E-state index >= 15 is 0 Å². The van der Waals surface area contributed by atoms with E-state index in [4.69, 9.17) is 4.74 Å². The second-order valence-electron chi connectivity index (χ2n) is 8.44. The Kier molecular flexibility index (Phi) is 6.91. The first kappa shape index (κ1) is 24.7. The summed E-state index contributed by atoms with van der Waals surface area (Å²) in [7, 11) is 0. The first-order chi connectivity index (χ1) is 15.9. The van der Waals surface area contributed by atoms with E-state index in [-0.39, 0.29) is 23.6 Å². The number of nitro groups is 1. The predicted molar refractivity (Wildman–Crippen MR) is 119 cm³/mol. The molecule has 0 bridgehead atoms. The number of rotatable bonds is 8. The highest BCUT2D eigenvalue weighted by Crippen LogP contribution is 2.30. The number of ether oxygens (including phenoxy) is 1. The molecule has 34 heavy (non-hydrogen) atoms. The number of hydrogen-bond acceptors (Lipinski definition) is 9. The van der Waals surface area contributed by atoms with Crippen LogP contribution in [0.15, 0.2) is 30.3 Å². The van der Waals surface area contributed by atoms with Gasteiger partial charge in [-0.05, 0) is 18.2 Å². The van der Waals surface area contributed by atoms with Crippen LogP contribution in [0.4, 0.5) is 5.69 Å². The summed E-state index contributed by atoms with van der Waals surface area (Å²) in [6, 6.07) is 6.84. The molecule has 0 fully saturated rings. The highest BCUT2D eigenvalue weighted by molar-refractivity contribution is 7.14. The quantitative estimate of drug-likeness (QED) is 0.196. The van der Waals surface area contributed by atoms with Crippen LogP contribution < -0.4 is 5.32 Å². The number of imide groups is 1. The highest BCUT2D eigenvalue weighted by atomic mass is 32.1. The SMILES string of the molecule is CC(C)(C)C(=O)NCc1ccc(C(=O)COC(=O)CN2C(=O)c3cccc([N+](=O)[O-])c3C2=O)s1. The molecule has 0 aliphatic carbocycles. The number of esters is 1. The summed E-state index contributed by atoms with van der Waals surface area (Å²) < 4.78 is 4.91. The fourth-order valence-corrected chi connectivity index (χ4v) is 3.93. The molecule has 1 aromatic carbocycles.